The van der Waals surface area contributed by atoms with Gasteiger partial charge in [0.2, 0.25) is 5.91 Å². The predicted molar refractivity (Wildman–Crippen MR) is 120 cm³/mol. The molecule has 0 atom stereocenters. The first kappa shape index (κ1) is 18.8. The van der Waals surface area contributed by atoms with Gasteiger partial charge in [0, 0.05) is 10.6 Å². The van der Waals surface area contributed by atoms with Gasteiger partial charge in [-0.1, -0.05) is 48.5 Å². The summed E-state index contributed by atoms with van der Waals surface area (Å²) in [6, 6.07) is 17.9. The van der Waals surface area contributed by atoms with Gasteiger partial charge in [-0.25, -0.2) is 4.98 Å². The van der Waals surface area contributed by atoms with Crippen LogP contribution >= 0.6 is 11.3 Å². The highest BCUT2D eigenvalue weighted by atomic mass is 32.1. The summed E-state index contributed by atoms with van der Waals surface area (Å²) < 4.78 is 1.42. The van der Waals surface area contributed by atoms with Gasteiger partial charge in [0.15, 0.2) is 0 Å². The number of anilines is 1. The van der Waals surface area contributed by atoms with Crippen LogP contribution < -0.4 is 10.9 Å². The van der Waals surface area contributed by atoms with Crippen LogP contribution in [0.2, 0.25) is 0 Å². The number of fused-ring (bicyclic) bond motifs is 3. The number of aryl methyl sites for hydroxylation is 2. The number of para-hydroxylation sites is 1. The van der Waals surface area contributed by atoms with Crippen LogP contribution in [0, 0.1) is 0 Å². The fourth-order valence-electron chi connectivity index (χ4n) is 4.09. The Hall–Kier alpha value is -3.25. The third-order valence-electron chi connectivity index (χ3n) is 5.53. The van der Waals surface area contributed by atoms with Crippen LogP contribution in [0.25, 0.3) is 10.2 Å². The Morgan fingerprint density at radius 3 is 2.73 bits per heavy atom. The minimum absolute atomic E-state index is 0.0495. The first-order valence-corrected chi connectivity index (χ1v) is 10.9. The molecule has 5 nitrogen and oxygen atoms in total. The number of hydrogen-bond donors (Lipinski definition) is 1. The van der Waals surface area contributed by atoms with Gasteiger partial charge < -0.3 is 5.32 Å². The van der Waals surface area contributed by atoms with Gasteiger partial charge in [0.25, 0.3) is 5.56 Å². The van der Waals surface area contributed by atoms with Gasteiger partial charge in [-0.2, -0.15) is 0 Å². The molecule has 0 radical (unpaired) electrons. The maximum Gasteiger partial charge on any atom is 0.262 e. The molecule has 0 unspecified atom stereocenters. The van der Waals surface area contributed by atoms with E-state index in [1.807, 2.05) is 42.5 Å². The Kier molecular flexibility index (Phi) is 4.93. The summed E-state index contributed by atoms with van der Waals surface area (Å²) in [6.07, 6.45) is 5.26. The average Bonchev–Trinajstić information content (AvgIpc) is 3.34. The van der Waals surface area contributed by atoms with Gasteiger partial charge in [-0.05, 0) is 48.4 Å². The number of aromatic nitrogens is 2. The van der Waals surface area contributed by atoms with Crippen LogP contribution in [0.4, 0.5) is 5.69 Å². The molecule has 150 valence electrons. The smallest absolute Gasteiger partial charge is 0.262 e. The summed E-state index contributed by atoms with van der Waals surface area (Å²) in [7, 11) is 0. The van der Waals surface area contributed by atoms with Crippen molar-refractivity contribution in [2.45, 2.75) is 32.2 Å². The molecule has 1 aliphatic carbocycles. The highest BCUT2D eigenvalue weighted by molar-refractivity contribution is 7.18. The lowest BCUT2D eigenvalue weighted by atomic mass is 10.0. The number of nitrogens with one attached hydrogen (secondary N) is 1. The zero-order valence-corrected chi connectivity index (χ0v) is 17.2. The van der Waals surface area contributed by atoms with Crippen LogP contribution in [0.15, 0.2) is 65.7 Å². The molecule has 1 amide bonds. The Bertz CT molecular complexity index is 1290. The summed E-state index contributed by atoms with van der Waals surface area (Å²) in [6.45, 7) is -0.0495. The Labute approximate surface area is 178 Å². The molecule has 0 aliphatic heterocycles. The van der Waals surface area contributed by atoms with Crippen molar-refractivity contribution in [3.05, 3.63) is 92.8 Å². The second-order valence-corrected chi connectivity index (χ2v) is 8.67. The van der Waals surface area contributed by atoms with Gasteiger partial charge in [0.05, 0.1) is 11.7 Å². The molecule has 30 heavy (non-hydrogen) atoms. The number of benzene rings is 2. The van der Waals surface area contributed by atoms with Crippen molar-refractivity contribution in [1.82, 2.24) is 9.55 Å². The van der Waals surface area contributed by atoms with E-state index in [9.17, 15) is 9.59 Å². The van der Waals surface area contributed by atoms with Crippen molar-refractivity contribution >= 4 is 33.1 Å². The van der Waals surface area contributed by atoms with Crippen molar-refractivity contribution < 1.29 is 4.79 Å². The van der Waals surface area contributed by atoms with E-state index in [4.69, 9.17) is 0 Å². The summed E-state index contributed by atoms with van der Waals surface area (Å²) >= 11 is 1.61. The first-order valence-electron chi connectivity index (χ1n) is 10.1. The lowest BCUT2D eigenvalue weighted by Crippen LogP contribution is -2.28. The number of nitrogens with zero attached hydrogens (tertiary/aromatic N) is 2. The van der Waals surface area contributed by atoms with E-state index in [2.05, 4.69) is 22.4 Å². The minimum atomic E-state index is -0.231. The molecule has 0 saturated heterocycles. The fourth-order valence-corrected chi connectivity index (χ4v) is 5.31. The minimum Gasteiger partial charge on any atom is -0.324 e. The molecule has 0 spiro atoms. The summed E-state index contributed by atoms with van der Waals surface area (Å²) in [4.78, 5) is 32.2. The number of carbonyl (C=O) groups is 1. The standard InChI is InChI=1S/C24H21N3O2S/c28-21(26-19-11-5-4-9-17(19)13-16-7-2-1-3-8-16)14-27-15-25-23-22(24(27)29)18-10-6-12-20(18)30-23/h1-5,7-9,11,15H,6,10,12-14H2,(H,26,28). The third-order valence-corrected chi connectivity index (χ3v) is 6.73. The summed E-state index contributed by atoms with van der Waals surface area (Å²) in [5.41, 5.74) is 4.00. The van der Waals surface area contributed by atoms with Gasteiger partial charge in [-0.15, -0.1) is 11.3 Å². The topological polar surface area (TPSA) is 64.0 Å². The molecule has 6 heteroatoms. The molecule has 1 aliphatic rings. The largest absolute Gasteiger partial charge is 0.324 e. The van der Waals surface area contributed by atoms with E-state index >= 15 is 0 Å². The second kappa shape index (κ2) is 7.88. The van der Waals surface area contributed by atoms with Crippen LogP contribution in [-0.4, -0.2) is 15.5 Å². The van der Waals surface area contributed by atoms with Crippen molar-refractivity contribution in [1.29, 1.82) is 0 Å². The highest BCUT2D eigenvalue weighted by Gasteiger charge is 2.21. The molecule has 2 aromatic heterocycles. The molecular weight excluding hydrogens is 394 g/mol. The number of carbonyl (C=O) groups excluding carboxylic acids is 1. The number of amides is 1. The quantitative estimate of drug-likeness (QED) is 0.532. The average molecular weight is 416 g/mol. The Balaban J connectivity index is 1.37. The van der Waals surface area contributed by atoms with Gasteiger partial charge >= 0.3 is 0 Å². The van der Waals surface area contributed by atoms with Gasteiger partial charge in [0.1, 0.15) is 11.4 Å². The Morgan fingerprint density at radius 1 is 1.07 bits per heavy atom. The van der Waals surface area contributed by atoms with Crippen molar-refractivity contribution in [2.24, 2.45) is 0 Å². The monoisotopic (exact) mass is 415 g/mol. The lowest BCUT2D eigenvalue weighted by Gasteiger charge is -2.12. The van der Waals surface area contributed by atoms with Gasteiger partial charge in [-0.3, -0.25) is 14.2 Å². The van der Waals surface area contributed by atoms with E-state index in [-0.39, 0.29) is 18.0 Å². The third kappa shape index (κ3) is 3.55. The molecule has 0 fully saturated rings. The zero-order valence-electron chi connectivity index (χ0n) is 16.4. The highest BCUT2D eigenvalue weighted by Crippen LogP contribution is 2.34. The normalized spacial score (nSPS) is 12.8. The Morgan fingerprint density at radius 2 is 1.87 bits per heavy atom. The van der Waals surface area contributed by atoms with E-state index in [1.54, 1.807) is 11.3 Å². The fraction of sp³-hybridized carbons (Fsp3) is 0.208. The van der Waals surface area contributed by atoms with Crippen molar-refractivity contribution in [2.75, 3.05) is 5.32 Å². The number of hydrogen-bond acceptors (Lipinski definition) is 4. The van der Waals surface area contributed by atoms with E-state index in [0.29, 0.717) is 5.39 Å². The van der Waals surface area contributed by atoms with Crippen LogP contribution in [0.3, 0.4) is 0 Å². The number of rotatable bonds is 5. The van der Waals surface area contributed by atoms with E-state index < -0.39 is 0 Å². The zero-order chi connectivity index (χ0) is 20.5. The maximum atomic E-state index is 13.0. The van der Waals surface area contributed by atoms with E-state index in [1.165, 1.54) is 21.3 Å². The molecule has 0 bridgehead atoms. The molecule has 2 aromatic carbocycles. The van der Waals surface area contributed by atoms with E-state index in [0.717, 1.165) is 47.3 Å². The molecule has 1 N–H and O–H groups in total. The van der Waals surface area contributed by atoms with Crippen molar-refractivity contribution in [3.8, 4) is 0 Å². The SMILES string of the molecule is O=C(Cn1cnc2sc3c(c2c1=O)CCC3)Nc1ccccc1Cc1ccccc1. The summed E-state index contributed by atoms with van der Waals surface area (Å²) in [5, 5.41) is 3.68. The molecule has 5 rings (SSSR count). The second-order valence-electron chi connectivity index (χ2n) is 7.58. The molecule has 0 saturated carbocycles. The van der Waals surface area contributed by atoms with Crippen LogP contribution in [0.1, 0.15) is 28.0 Å². The summed E-state index contributed by atoms with van der Waals surface area (Å²) in [5.74, 6) is -0.231. The molecular formula is C24H21N3O2S. The van der Waals surface area contributed by atoms with Crippen LogP contribution in [0.5, 0.6) is 0 Å². The lowest BCUT2D eigenvalue weighted by molar-refractivity contribution is -0.116. The first-order chi connectivity index (χ1) is 14.7. The van der Waals surface area contributed by atoms with Crippen molar-refractivity contribution in [3.63, 3.8) is 0 Å². The number of thiophene rings is 1. The molecule has 2 heterocycles. The predicted octanol–water partition coefficient (Wildman–Crippen LogP) is 4.18. The molecule has 4 aromatic rings. The van der Waals surface area contributed by atoms with Crippen LogP contribution in [-0.2, 0) is 30.6 Å². The maximum absolute atomic E-state index is 13.0.